The van der Waals surface area contributed by atoms with Crippen LogP contribution in [0.2, 0.25) is 0 Å². The van der Waals surface area contributed by atoms with Crippen LogP contribution >= 0.6 is 0 Å². The molecule has 2 aromatic heterocycles. The fourth-order valence-electron chi connectivity index (χ4n) is 4.47. The SMILES string of the molecule is Cc1cc(Nc2ccc(C(F)(F)F)nc2)nnc1-c1ccc(C2CCC(CC(=O)O)CC2)cc1. The van der Waals surface area contributed by atoms with E-state index >= 15 is 0 Å². The molecule has 34 heavy (non-hydrogen) atoms. The van der Waals surface area contributed by atoms with E-state index in [9.17, 15) is 18.0 Å². The van der Waals surface area contributed by atoms with Gasteiger partial charge in [-0.05, 0) is 73.8 Å². The van der Waals surface area contributed by atoms with E-state index in [1.807, 2.05) is 19.1 Å². The van der Waals surface area contributed by atoms with Crippen molar-refractivity contribution in [2.24, 2.45) is 5.92 Å². The lowest BCUT2D eigenvalue weighted by Gasteiger charge is -2.28. The second kappa shape index (κ2) is 9.79. The molecule has 0 aliphatic heterocycles. The van der Waals surface area contributed by atoms with Gasteiger partial charge in [0.15, 0.2) is 5.82 Å². The Labute approximate surface area is 195 Å². The molecule has 2 heterocycles. The van der Waals surface area contributed by atoms with E-state index in [1.54, 1.807) is 6.07 Å². The molecule has 0 bridgehead atoms. The number of aliphatic carboxylic acids is 1. The Morgan fingerprint density at radius 1 is 1.06 bits per heavy atom. The number of carboxylic acid groups (broad SMARTS) is 1. The van der Waals surface area contributed by atoms with Gasteiger partial charge < -0.3 is 10.4 Å². The number of halogens is 3. The molecule has 0 radical (unpaired) electrons. The van der Waals surface area contributed by atoms with Crippen LogP contribution in [-0.2, 0) is 11.0 Å². The fraction of sp³-hybridized carbons (Fsp3) is 0.360. The van der Waals surface area contributed by atoms with Crippen LogP contribution in [0.15, 0.2) is 48.7 Å². The first-order valence-electron chi connectivity index (χ1n) is 11.2. The predicted molar refractivity (Wildman–Crippen MR) is 122 cm³/mol. The molecule has 0 saturated heterocycles. The van der Waals surface area contributed by atoms with Crippen molar-refractivity contribution < 1.29 is 23.1 Å². The van der Waals surface area contributed by atoms with E-state index in [1.165, 1.54) is 11.6 Å². The molecule has 2 N–H and O–H groups in total. The number of anilines is 2. The minimum absolute atomic E-state index is 0.254. The number of nitrogens with one attached hydrogen (secondary N) is 1. The van der Waals surface area contributed by atoms with Gasteiger partial charge in [-0.25, -0.2) is 4.98 Å². The highest BCUT2D eigenvalue weighted by molar-refractivity contribution is 5.67. The highest BCUT2D eigenvalue weighted by Crippen LogP contribution is 2.37. The number of carboxylic acids is 1. The maximum absolute atomic E-state index is 12.7. The number of aromatic nitrogens is 3. The number of rotatable bonds is 6. The number of alkyl halides is 3. The average Bonchev–Trinajstić information content (AvgIpc) is 2.79. The molecule has 6 nitrogen and oxygen atoms in total. The highest BCUT2D eigenvalue weighted by Gasteiger charge is 2.32. The molecule has 178 valence electrons. The van der Waals surface area contributed by atoms with E-state index in [0.717, 1.165) is 54.8 Å². The van der Waals surface area contributed by atoms with E-state index in [-0.39, 0.29) is 12.3 Å². The summed E-state index contributed by atoms with van der Waals surface area (Å²) in [6.07, 6.45) is 0.750. The Balaban J connectivity index is 1.40. The largest absolute Gasteiger partial charge is 0.481 e. The van der Waals surface area contributed by atoms with Crippen LogP contribution in [0.5, 0.6) is 0 Å². The Hall–Kier alpha value is -3.49. The Morgan fingerprint density at radius 3 is 2.32 bits per heavy atom. The number of hydrogen-bond acceptors (Lipinski definition) is 5. The molecule has 1 fully saturated rings. The predicted octanol–water partition coefficient (Wildman–Crippen LogP) is 6.36. The number of pyridine rings is 1. The van der Waals surface area contributed by atoms with E-state index in [4.69, 9.17) is 5.11 Å². The van der Waals surface area contributed by atoms with Crippen LogP contribution in [-0.4, -0.2) is 26.3 Å². The van der Waals surface area contributed by atoms with Crippen molar-refractivity contribution in [2.45, 2.75) is 51.1 Å². The van der Waals surface area contributed by atoms with Crippen LogP contribution in [0.4, 0.5) is 24.7 Å². The van der Waals surface area contributed by atoms with E-state index in [2.05, 4.69) is 32.6 Å². The second-order valence-corrected chi connectivity index (χ2v) is 8.75. The zero-order chi connectivity index (χ0) is 24.3. The molecule has 4 rings (SSSR count). The normalized spacial score (nSPS) is 18.5. The third kappa shape index (κ3) is 5.70. The number of benzene rings is 1. The van der Waals surface area contributed by atoms with Gasteiger partial charge in [-0.2, -0.15) is 13.2 Å². The molecule has 0 unspecified atom stereocenters. The quantitative estimate of drug-likeness (QED) is 0.436. The van der Waals surface area contributed by atoms with Crippen molar-refractivity contribution in [1.82, 2.24) is 15.2 Å². The molecule has 1 saturated carbocycles. The van der Waals surface area contributed by atoms with Crippen molar-refractivity contribution in [3.05, 3.63) is 65.5 Å². The van der Waals surface area contributed by atoms with E-state index in [0.29, 0.717) is 17.4 Å². The van der Waals surface area contributed by atoms with Crippen LogP contribution in [0.1, 0.15) is 54.8 Å². The smallest absolute Gasteiger partial charge is 0.433 e. The second-order valence-electron chi connectivity index (χ2n) is 8.75. The molecule has 0 atom stereocenters. The topological polar surface area (TPSA) is 88.0 Å². The zero-order valence-corrected chi connectivity index (χ0v) is 18.6. The van der Waals surface area contributed by atoms with Crippen molar-refractivity contribution in [1.29, 1.82) is 0 Å². The summed E-state index contributed by atoms with van der Waals surface area (Å²) in [5, 5.41) is 20.4. The number of nitrogens with zero attached hydrogens (tertiary/aromatic N) is 3. The summed E-state index contributed by atoms with van der Waals surface area (Å²) in [7, 11) is 0. The van der Waals surface area contributed by atoms with Gasteiger partial charge in [0.2, 0.25) is 0 Å². The summed E-state index contributed by atoms with van der Waals surface area (Å²) < 4.78 is 38.0. The average molecular weight is 470 g/mol. The number of hydrogen-bond donors (Lipinski definition) is 2. The van der Waals surface area contributed by atoms with E-state index < -0.39 is 17.8 Å². The standard InChI is InChI=1S/C25H25F3N4O2/c1-15-12-22(30-20-10-11-21(29-14-20)25(26,27)28)31-32-24(15)19-8-6-18(7-9-19)17-4-2-16(3-5-17)13-23(33)34/h6-12,14,16-17H,2-5,13H2,1H3,(H,30,31)(H,33,34). The molecule has 9 heteroatoms. The molecule has 1 aliphatic rings. The lowest BCUT2D eigenvalue weighted by Crippen LogP contribution is -2.16. The molecule has 0 spiro atoms. The third-order valence-corrected chi connectivity index (χ3v) is 6.28. The van der Waals surface area contributed by atoms with Gasteiger partial charge in [0, 0.05) is 12.0 Å². The van der Waals surface area contributed by atoms with Crippen LogP contribution in [0.25, 0.3) is 11.3 Å². The van der Waals surface area contributed by atoms with Gasteiger partial charge in [0.25, 0.3) is 0 Å². The van der Waals surface area contributed by atoms with Crippen LogP contribution in [0.3, 0.4) is 0 Å². The minimum atomic E-state index is -4.48. The van der Waals surface area contributed by atoms with Gasteiger partial charge in [0.1, 0.15) is 5.69 Å². The molecular weight excluding hydrogens is 445 g/mol. The first-order chi connectivity index (χ1) is 16.2. The summed E-state index contributed by atoms with van der Waals surface area (Å²) in [6.45, 7) is 1.90. The van der Waals surface area contributed by atoms with Crippen molar-refractivity contribution in [2.75, 3.05) is 5.32 Å². The lowest BCUT2D eigenvalue weighted by molar-refractivity contribution is -0.141. The lowest BCUT2D eigenvalue weighted by atomic mass is 9.77. The monoisotopic (exact) mass is 470 g/mol. The highest BCUT2D eigenvalue weighted by atomic mass is 19.4. The maximum atomic E-state index is 12.7. The maximum Gasteiger partial charge on any atom is 0.433 e. The molecule has 1 aromatic carbocycles. The fourth-order valence-corrected chi connectivity index (χ4v) is 4.47. The Kier molecular flexibility index (Phi) is 6.81. The minimum Gasteiger partial charge on any atom is -0.481 e. The molecule has 0 amide bonds. The van der Waals surface area contributed by atoms with Crippen molar-refractivity contribution >= 4 is 17.5 Å². The Morgan fingerprint density at radius 2 is 1.76 bits per heavy atom. The molecular formula is C25H25F3N4O2. The van der Waals surface area contributed by atoms with Gasteiger partial charge in [-0.1, -0.05) is 24.3 Å². The van der Waals surface area contributed by atoms with Gasteiger partial charge >= 0.3 is 12.1 Å². The van der Waals surface area contributed by atoms with Gasteiger partial charge in [0.05, 0.1) is 17.6 Å². The summed E-state index contributed by atoms with van der Waals surface area (Å²) >= 11 is 0. The number of carbonyl (C=O) groups is 1. The Bertz CT molecular complexity index is 1140. The van der Waals surface area contributed by atoms with Crippen molar-refractivity contribution in [3.8, 4) is 11.3 Å². The third-order valence-electron chi connectivity index (χ3n) is 6.28. The van der Waals surface area contributed by atoms with Gasteiger partial charge in [-0.15, -0.1) is 10.2 Å². The summed E-state index contributed by atoms with van der Waals surface area (Å²) in [5.74, 6) is 0.408. The first kappa shape index (κ1) is 23.7. The van der Waals surface area contributed by atoms with Gasteiger partial charge in [-0.3, -0.25) is 4.79 Å². The summed E-state index contributed by atoms with van der Waals surface area (Å²) in [6, 6.07) is 12.2. The zero-order valence-electron chi connectivity index (χ0n) is 18.6. The molecule has 1 aliphatic carbocycles. The van der Waals surface area contributed by atoms with Crippen LogP contribution < -0.4 is 5.32 Å². The summed E-state index contributed by atoms with van der Waals surface area (Å²) in [4.78, 5) is 14.4. The first-order valence-corrected chi connectivity index (χ1v) is 11.2. The van der Waals surface area contributed by atoms with Crippen molar-refractivity contribution in [3.63, 3.8) is 0 Å². The van der Waals surface area contributed by atoms with Crippen LogP contribution in [0, 0.1) is 12.8 Å². The summed E-state index contributed by atoms with van der Waals surface area (Å²) in [5.41, 5.74) is 3.21. The molecule has 3 aromatic rings. The number of aryl methyl sites for hydroxylation is 1.